The Morgan fingerprint density at radius 2 is 2.00 bits per heavy atom. The second-order valence-corrected chi connectivity index (χ2v) is 8.05. The molecule has 1 N–H and O–H groups in total. The smallest absolute Gasteiger partial charge is 0.320 e. The standard InChI is InChI=1S/C21H19NO4S/c23-21(24)15-5-3-9-22(15)20(14-7-8-16-17(10-14)26-12-25-16)19-11-13-4-1-2-6-18(13)27-19/h1-2,4,6-8,10-11,15,20H,3,5,9,12H2,(H,23,24). The molecule has 0 saturated carbocycles. The van der Waals surface area contributed by atoms with Crippen molar-refractivity contribution < 1.29 is 19.4 Å². The van der Waals surface area contributed by atoms with Crippen LogP contribution in [0.3, 0.4) is 0 Å². The van der Waals surface area contributed by atoms with Crippen LogP contribution in [0.15, 0.2) is 48.5 Å². The zero-order valence-corrected chi connectivity index (χ0v) is 15.4. The van der Waals surface area contributed by atoms with Crippen LogP contribution < -0.4 is 9.47 Å². The Kier molecular flexibility index (Phi) is 4.02. The van der Waals surface area contributed by atoms with Crippen molar-refractivity contribution in [2.24, 2.45) is 0 Å². The molecule has 2 unspecified atom stereocenters. The van der Waals surface area contributed by atoms with E-state index in [2.05, 4.69) is 23.1 Å². The first-order valence-electron chi connectivity index (χ1n) is 9.07. The molecular formula is C21H19NO4S. The molecule has 3 aromatic rings. The second-order valence-electron chi connectivity index (χ2n) is 6.94. The van der Waals surface area contributed by atoms with Crippen molar-refractivity contribution in [1.82, 2.24) is 4.90 Å². The van der Waals surface area contributed by atoms with E-state index in [4.69, 9.17) is 9.47 Å². The molecule has 3 heterocycles. The predicted octanol–water partition coefficient (Wildman–Crippen LogP) is 4.27. The van der Waals surface area contributed by atoms with Crippen LogP contribution in [0.25, 0.3) is 10.1 Å². The Bertz CT molecular complexity index is 981. The number of aliphatic carboxylic acids is 1. The third-order valence-corrected chi connectivity index (χ3v) is 6.51. The number of carboxylic acid groups (broad SMARTS) is 1. The SMILES string of the molecule is O=C(O)C1CCCN1C(c1ccc2c(c1)OCO2)c1cc2ccccc2s1. The van der Waals surface area contributed by atoms with Crippen LogP contribution in [0.5, 0.6) is 11.5 Å². The molecule has 2 atom stereocenters. The summed E-state index contributed by atoms with van der Waals surface area (Å²) in [4.78, 5) is 15.1. The van der Waals surface area contributed by atoms with Crippen molar-refractivity contribution in [3.63, 3.8) is 0 Å². The number of carbonyl (C=O) groups is 1. The molecule has 2 aliphatic rings. The summed E-state index contributed by atoms with van der Waals surface area (Å²) >= 11 is 1.73. The van der Waals surface area contributed by atoms with Crippen molar-refractivity contribution in [2.45, 2.75) is 24.9 Å². The van der Waals surface area contributed by atoms with Crippen LogP contribution in [-0.2, 0) is 4.79 Å². The monoisotopic (exact) mass is 381 g/mol. The zero-order chi connectivity index (χ0) is 18.4. The predicted molar refractivity (Wildman–Crippen MR) is 104 cm³/mol. The lowest BCUT2D eigenvalue weighted by Gasteiger charge is -2.31. The molecular weight excluding hydrogens is 362 g/mol. The van der Waals surface area contributed by atoms with E-state index in [1.807, 2.05) is 30.3 Å². The second kappa shape index (κ2) is 6.55. The van der Waals surface area contributed by atoms with Crippen molar-refractivity contribution in [3.8, 4) is 11.5 Å². The molecule has 6 heteroatoms. The number of likely N-dealkylation sites (tertiary alicyclic amines) is 1. The maximum absolute atomic E-state index is 11.9. The van der Waals surface area contributed by atoms with E-state index >= 15 is 0 Å². The van der Waals surface area contributed by atoms with Gasteiger partial charge in [0.15, 0.2) is 11.5 Å². The largest absolute Gasteiger partial charge is 0.480 e. The average molecular weight is 381 g/mol. The van der Waals surface area contributed by atoms with Crippen LogP contribution in [0.2, 0.25) is 0 Å². The molecule has 2 aromatic carbocycles. The number of nitrogens with zero attached hydrogens (tertiary/aromatic N) is 1. The van der Waals surface area contributed by atoms with Crippen molar-refractivity contribution >= 4 is 27.4 Å². The lowest BCUT2D eigenvalue weighted by atomic mass is 10.0. The van der Waals surface area contributed by atoms with E-state index < -0.39 is 12.0 Å². The van der Waals surface area contributed by atoms with Crippen LogP contribution in [0.1, 0.15) is 29.3 Å². The van der Waals surface area contributed by atoms with Crippen LogP contribution in [0, 0.1) is 0 Å². The van der Waals surface area contributed by atoms with Gasteiger partial charge in [0.05, 0.1) is 6.04 Å². The third-order valence-electron chi connectivity index (χ3n) is 5.34. The maximum Gasteiger partial charge on any atom is 0.320 e. The number of hydrogen-bond donors (Lipinski definition) is 1. The topological polar surface area (TPSA) is 59.0 Å². The van der Waals surface area contributed by atoms with Crippen LogP contribution in [-0.4, -0.2) is 35.4 Å². The number of rotatable bonds is 4. The highest BCUT2D eigenvalue weighted by molar-refractivity contribution is 7.19. The Hall–Kier alpha value is -2.57. The number of thiophene rings is 1. The number of fused-ring (bicyclic) bond motifs is 2. The summed E-state index contributed by atoms with van der Waals surface area (Å²) in [7, 11) is 0. The molecule has 1 aromatic heterocycles. The van der Waals surface area contributed by atoms with Crippen molar-refractivity contribution in [3.05, 3.63) is 59.0 Å². The van der Waals surface area contributed by atoms with Crippen LogP contribution >= 0.6 is 11.3 Å². The highest BCUT2D eigenvalue weighted by atomic mass is 32.1. The van der Waals surface area contributed by atoms with Gasteiger partial charge in [-0.05, 0) is 48.1 Å². The molecule has 1 saturated heterocycles. The minimum atomic E-state index is -0.751. The minimum absolute atomic E-state index is 0.111. The highest BCUT2D eigenvalue weighted by Gasteiger charge is 2.38. The van der Waals surface area contributed by atoms with Crippen molar-refractivity contribution in [1.29, 1.82) is 0 Å². The Labute approximate surface area is 160 Å². The number of hydrogen-bond acceptors (Lipinski definition) is 5. The quantitative estimate of drug-likeness (QED) is 0.731. The Morgan fingerprint density at radius 1 is 1.15 bits per heavy atom. The number of benzene rings is 2. The molecule has 138 valence electrons. The van der Waals surface area contributed by atoms with Gasteiger partial charge in [0.1, 0.15) is 6.04 Å². The van der Waals surface area contributed by atoms with Gasteiger partial charge in [-0.3, -0.25) is 9.69 Å². The first-order chi connectivity index (χ1) is 13.2. The zero-order valence-electron chi connectivity index (χ0n) is 14.6. The van der Waals surface area contributed by atoms with E-state index in [1.165, 1.54) is 10.1 Å². The van der Waals surface area contributed by atoms with E-state index in [0.717, 1.165) is 34.9 Å². The maximum atomic E-state index is 11.9. The summed E-state index contributed by atoms with van der Waals surface area (Å²) in [5.74, 6) is 0.717. The highest BCUT2D eigenvalue weighted by Crippen LogP contribution is 2.43. The molecule has 5 nitrogen and oxygen atoms in total. The Morgan fingerprint density at radius 3 is 2.85 bits per heavy atom. The fourth-order valence-electron chi connectivity index (χ4n) is 4.10. The van der Waals surface area contributed by atoms with Gasteiger partial charge in [-0.25, -0.2) is 0 Å². The van der Waals surface area contributed by atoms with E-state index in [1.54, 1.807) is 11.3 Å². The molecule has 0 amide bonds. The lowest BCUT2D eigenvalue weighted by molar-refractivity contribution is -0.142. The van der Waals surface area contributed by atoms with Crippen molar-refractivity contribution in [2.75, 3.05) is 13.3 Å². The minimum Gasteiger partial charge on any atom is -0.480 e. The van der Waals surface area contributed by atoms with Gasteiger partial charge in [0.2, 0.25) is 6.79 Å². The normalized spacial score (nSPS) is 20.2. The summed E-state index contributed by atoms with van der Waals surface area (Å²) in [6.07, 6.45) is 1.57. The first kappa shape index (κ1) is 16.6. The van der Waals surface area contributed by atoms with E-state index in [-0.39, 0.29) is 12.8 Å². The van der Waals surface area contributed by atoms with E-state index in [9.17, 15) is 9.90 Å². The molecule has 2 aliphatic heterocycles. The summed E-state index contributed by atoms with van der Waals surface area (Å²) in [6.45, 7) is 0.998. The molecule has 0 bridgehead atoms. The molecule has 0 aliphatic carbocycles. The fourth-order valence-corrected chi connectivity index (χ4v) is 5.32. The summed E-state index contributed by atoms with van der Waals surface area (Å²) in [5.41, 5.74) is 1.04. The van der Waals surface area contributed by atoms with Gasteiger partial charge in [-0.2, -0.15) is 0 Å². The first-order valence-corrected chi connectivity index (χ1v) is 9.89. The van der Waals surface area contributed by atoms with Gasteiger partial charge in [-0.15, -0.1) is 11.3 Å². The molecule has 0 spiro atoms. The number of ether oxygens (including phenoxy) is 2. The third kappa shape index (κ3) is 2.85. The fraction of sp³-hybridized carbons (Fsp3) is 0.286. The molecule has 5 rings (SSSR count). The summed E-state index contributed by atoms with van der Waals surface area (Å²) in [5, 5.41) is 10.9. The molecule has 0 radical (unpaired) electrons. The molecule has 1 fully saturated rings. The van der Waals surface area contributed by atoms with Gasteiger partial charge < -0.3 is 14.6 Å². The van der Waals surface area contributed by atoms with Gasteiger partial charge in [-0.1, -0.05) is 24.3 Å². The lowest BCUT2D eigenvalue weighted by Crippen LogP contribution is -2.39. The Balaban J connectivity index is 1.64. The number of carboxylic acids is 1. The summed E-state index contributed by atoms with van der Waals surface area (Å²) < 4.78 is 12.2. The van der Waals surface area contributed by atoms with Gasteiger partial charge in [0.25, 0.3) is 0 Å². The van der Waals surface area contributed by atoms with Gasteiger partial charge in [0, 0.05) is 16.1 Å². The van der Waals surface area contributed by atoms with Crippen LogP contribution in [0.4, 0.5) is 0 Å². The summed E-state index contributed by atoms with van der Waals surface area (Å²) in [6, 6.07) is 15.8. The average Bonchev–Trinajstić information content (AvgIpc) is 3.40. The molecule has 27 heavy (non-hydrogen) atoms. The van der Waals surface area contributed by atoms with E-state index in [0.29, 0.717) is 6.42 Å². The van der Waals surface area contributed by atoms with Gasteiger partial charge >= 0.3 is 5.97 Å².